The van der Waals surface area contributed by atoms with Gasteiger partial charge in [-0.15, -0.1) is 0 Å². The number of nitrogens with zero attached hydrogens (tertiary/aromatic N) is 2. The van der Waals surface area contributed by atoms with Crippen molar-refractivity contribution in [2.24, 2.45) is 0 Å². The zero-order chi connectivity index (χ0) is 14.7. The van der Waals surface area contributed by atoms with Crippen LogP contribution in [-0.2, 0) is 6.61 Å². The van der Waals surface area contributed by atoms with Crippen LogP contribution in [0.25, 0.3) is 10.9 Å². The van der Waals surface area contributed by atoms with Gasteiger partial charge in [-0.2, -0.15) is 5.26 Å². The van der Waals surface area contributed by atoms with Crippen LogP contribution in [0.5, 0.6) is 5.75 Å². The molecule has 0 saturated heterocycles. The normalized spacial score (nSPS) is 10.3. The Bertz CT molecular complexity index is 825. The molecule has 0 unspecified atom stereocenters. The third-order valence-corrected chi connectivity index (χ3v) is 3.30. The number of benzene rings is 2. The summed E-state index contributed by atoms with van der Waals surface area (Å²) in [6, 6.07) is 19.0. The van der Waals surface area contributed by atoms with Crippen LogP contribution in [0.4, 0.5) is 0 Å². The van der Waals surface area contributed by atoms with E-state index in [2.05, 4.69) is 11.1 Å². The zero-order valence-electron chi connectivity index (χ0n) is 11.1. The molecule has 2 aromatic carbocycles. The maximum absolute atomic E-state index is 8.95. The predicted octanol–water partition coefficient (Wildman–Crippen LogP) is 4.34. The van der Waals surface area contributed by atoms with Gasteiger partial charge in [-0.1, -0.05) is 41.9 Å². The average molecular weight is 295 g/mol. The van der Waals surface area contributed by atoms with E-state index in [1.807, 2.05) is 36.4 Å². The zero-order valence-corrected chi connectivity index (χ0v) is 11.8. The number of nitriles is 1. The molecule has 0 saturated carbocycles. The van der Waals surface area contributed by atoms with Crippen molar-refractivity contribution in [3.8, 4) is 11.8 Å². The van der Waals surface area contributed by atoms with Gasteiger partial charge < -0.3 is 4.74 Å². The standard InChI is InChI=1S/C17H11ClN2O/c18-17-9-16(21-11-12-4-2-1-3-5-12)14-7-6-13(10-19)8-15(14)20-17/h1-9H,11H2. The van der Waals surface area contributed by atoms with Crippen LogP contribution >= 0.6 is 11.6 Å². The second-order valence-electron chi connectivity index (χ2n) is 4.56. The van der Waals surface area contributed by atoms with E-state index in [4.69, 9.17) is 21.6 Å². The molecule has 0 aliphatic carbocycles. The number of rotatable bonds is 3. The van der Waals surface area contributed by atoms with Crippen LogP contribution in [-0.4, -0.2) is 4.98 Å². The Morgan fingerprint density at radius 2 is 1.90 bits per heavy atom. The SMILES string of the molecule is N#Cc1ccc2c(OCc3ccccc3)cc(Cl)nc2c1. The Kier molecular flexibility index (Phi) is 3.72. The number of hydrogen-bond acceptors (Lipinski definition) is 3. The van der Waals surface area contributed by atoms with E-state index in [-0.39, 0.29) is 0 Å². The highest BCUT2D eigenvalue weighted by Gasteiger charge is 2.07. The lowest BCUT2D eigenvalue weighted by molar-refractivity contribution is 0.310. The molecule has 4 heteroatoms. The number of pyridine rings is 1. The topological polar surface area (TPSA) is 45.9 Å². The number of halogens is 1. The fourth-order valence-electron chi connectivity index (χ4n) is 2.09. The van der Waals surface area contributed by atoms with E-state index < -0.39 is 0 Å². The van der Waals surface area contributed by atoms with Gasteiger partial charge in [0.05, 0.1) is 17.1 Å². The third-order valence-electron chi connectivity index (χ3n) is 3.11. The van der Waals surface area contributed by atoms with Crippen LogP contribution in [0, 0.1) is 11.3 Å². The lowest BCUT2D eigenvalue weighted by atomic mass is 10.1. The Hall–Kier alpha value is -2.57. The van der Waals surface area contributed by atoms with Gasteiger partial charge in [0.15, 0.2) is 0 Å². The second kappa shape index (κ2) is 5.82. The number of aromatic nitrogens is 1. The Morgan fingerprint density at radius 1 is 1.10 bits per heavy atom. The summed E-state index contributed by atoms with van der Waals surface area (Å²) in [6.45, 7) is 0.455. The quantitative estimate of drug-likeness (QED) is 0.675. The van der Waals surface area contributed by atoms with Crippen molar-refractivity contribution in [1.82, 2.24) is 4.98 Å². The third kappa shape index (κ3) is 2.96. The molecular weight excluding hydrogens is 284 g/mol. The second-order valence-corrected chi connectivity index (χ2v) is 4.95. The highest BCUT2D eigenvalue weighted by atomic mass is 35.5. The molecule has 1 heterocycles. The minimum atomic E-state index is 0.348. The van der Waals surface area contributed by atoms with Gasteiger partial charge in [0.2, 0.25) is 0 Å². The minimum Gasteiger partial charge on any atom is -0.488 e. The molecule has 0 aliphatic rings. The predicted molar refractivity (Wildman–Crippen MR) is 82.2 cm³/mol. The Balaban J connectivity index is 1.96. The summed E-state index contributed by atoms with van der Waals surface area (Å²) in [5.41, 5.74) is 2.28. The summed E-state index contributed by atoms with van der Waals surface area (Å²) in [5.74, 6) is 0.665. The van der Waals surface area contributed by atoms with Gasteiger partial charge in [-0.3, -0.25) is 0 Å². The minimum absolute atomic E-state index is 0.348. The average Bonchev–Trinajstić information content (AvgIpc) is 2.52. The molecule has 0 bridgehead atoms. The molecule has 0 amide bonds. The molecule has 3 rings (SSSR count). The van der Waals surface area contributed by atoms with Crippen LogP contribution in [0.1, 0.15) is 11.1 Å². The molecular formula is C17H11ClN2O. The molecule has 0 N–H and O–H groups in total. The van der Waals surface area contributed by atoms with Gasteiger partial charge in [0, 0.05) is 11.5 Å². The van der Waals surface area contributed by atoms with Crippen LogP contribution < -0.4 is 4.74 Å². The molecule has 3 aromatic rings. The van der Waals surface area contributed by atoms with Crippen LogP contribution in [0.3, 0.4) is 0 Å². The molecule has 0 spiro atoms. The molecule has 21 heavy (non-hydrogen) atoms. The summed E-state index contributed by atoms with van der Waals surface area (Å²) in [6.07, 6.45) is 0. The first-order valence-electron chi connectivity index (χ1n) is 6.43. The summed E-state index contributed by atoms with van der Waals surface area (Å²) < 4.78 is 5.85. The van der Waals surface area contributed by atoms with Gasteiger partial charge in [0.1, 0.15) is 17.5 Å². The molecule has 3 nitrogen and oxygen atoms in total. The molecule has 0 aliphatic heterocycles. The number of hydrogen-bond donors (Lipinski definition) is 0. The van der Waals surface area contributed by atoms with Gasteiger partial charge >= 0.3 is 0 Å². The summed E-state index contributed by atoms with van der Waals surface area (Å²) in [4.78, 5) is 4.23. The largest absolute Gasteiger partial charge is 0.488 e. The smallest absolute Gasteiger partial charge is 0.133 e. The lowest BCUT2D eigenvalue weighted by Crippen LogP contribution is -1.97. The van der Waals surface area contributed by atoms with E-state index in [0.29, 0.717) is 28.6 Å². The van der Waals surface area contributed by atoms with Crippen LogP contribution in [0.15, 0.2) is 54.6 Å². The first kappa shape index (κ1) is 13.4. The highest BCUT2D eigenvalue weighted by Crippen LogP contribution is 2.28. The fraction of sp³-hybridized carbons (Fsp3) is 0.0588. The van der Waals surface area contributed by atoms with Crippen molar-refractivity contribution in [1.29, 1.82) is 5.26 Å². The van der Waals surface area contributed by atoms with Crippen molar-refractivity contribution in [2.45, 2.75) is 6.61 Å². The van der Waals surface area contributed by atoms with E-state index in [0.717, 1.165) is 10.9 Å². The van der Waals surface area contributed by atoms with E-state index in [9.17, 15) is 0 Å². The summed E-state index contributed by atoms with van der Waals surface area (Å²) >= 11 is 6.03. The molecule has 1 aromatic heterocycles. The van der Waals surface area contributed by atoms with Crippen molar-refractivity contribution in [3.63, 3.8) is 0 Å². The molecule has 102 valence electrons. The molecule has 0 fully saturated rings. The Labute approximate surface area is 127 Å². The van der Waals surface area contributed by atoms with Gasteiger partial charge in [0.25, 0.3) is 0 Å². The van der Waals surface area contributed by atoms with Gasteiger partial charge in [-0.25, -0.2) is 4.98 Å². The van der Waals surface area contributed by atoms with Crippen molar-refractivity contribution in [2.75, 3.05) is 0 Å². The maximum atomic E-state index is 8.95. The van der Waals surface area contributed by atoms with Crippen molar-refractivity contribution < 1.29 is 4.74 Å². The Morgan fingerprint density at radius 3 is 2.67 bits per heavy atom. The first-order valence-corrected chi connectivity index (χ1v) is 6.81. The first-order chi connectivity index (χ1) is 10.3. The summed E-state index contributed by atoms with van der Waals surface area (Å²) in [5, 5.41) is 10.1. The van der Waals surface area contributed by atoms with E-state index in [1.54, 1.807) is 18.2 Å². The monoisotopic (exact) mass is 294 g/mol. The number of fused-ring (bicyclic) bond motifs is 1. The number of ether oxygens (including phenoxy) is 1. The lowest BCUT2D eigenvalue weighted by Gasteiger charge is -2.10. The highest BCUT2D eigenvalue weighted by molar-refractivity contribution is 6.30. The molecule has 0 atom stereocenters. The van der Waals surface area contributed by atoms with Gasteiger partial charge in [-0.05, 0) is 23.8 Å². The summed E-state index contributed by atoms with van der Waals surface area (Å²) in [7, 11) is 0. The van der Waals surface area contributed by atoms with E-state index >= 15 is 0 Å². The molecule has 0 radical (unpaired) electrons. The fourth-order valence-corrected chi connectivity index (χ4v) is 2.28. The van der Waals surface area contributed by atoms with Crippen LogP contribution in [0.2, 0.25) is 5.15 Å². The van der Waals surface area contributed by atoms with Crippen molar-refractivity contribution in [3.05, 3.63) is 70.9 Å². The van der Waals surface area contributed by atoms with Crippen molar-refractivity contribution >= 4 is 22.5 Å². The van der Waals surface area contributed by atoms with E-state index in [1.165, 1.54) is 0 Å². The maximum Gasteiger partial charge on any atom is 0.133 e.